The maximum atomic E-state index is 13.1. The molecule has 30 heavy (non-hydrogen) atoms. The van der Waals surface area contributed by atoms with Gasteiger partial charge in [0.25, 0.3) is 0 Å². The topological polar surface area (TPSA) is 68.3 Å². The van der Waals surface area contributed by atoms with Crippen LogP contribution in [-0.2, 0) is 22.4 Å². The average molecular weight is 461 g/mol. The van der Waals surface area contributed by atoms with Gasteiger partial charge in [-0.15, -0.1) is 22.7 Å². The molecule has 0 bridgehead atoms. The number of aromatic nitrogens is 1. The van der Waals surface area contributed by atoms with Crippen LogP contribution < -0.4 is 5.32 Å². The maximum absolute atomic E-state index is 13.1. The molecular weight excluding hydrogens is 436 g/mol. The van der Waals surface area contributed by atoms with Gasteiger partial charge in [0.1, 0.15) is 5.00 Å². The van der Waals surface area contributed by atoms with Crippen LogP contribution in [0.15, 0.2) is 28.6 Å². The number of ether oxygens (including phenoxy) is 1. The Hall–Kier alpha value is -1.90. The van der Waals surface area contributed by atoms with Crippen LogP contribution in [-0.4, -0.2) is 28.7 Å². The van der Waals surface area contributed by atoms with E-state index in [0.29, 0.717) is 23.6 Å². The molecule has 5 nitrogen and oxygen atoms in total. The van der Waals surface area contributed by atoms with E-state index in [2.05, 4.69) is 10.3 Å². The fourth-order valence-corrected chi connectivity index (χ4v) is 7.13. The van der Waals surface area contributed by atoms with Gasteiger partial charge in [0.2, 0.25) is 5.91 Å². The third kappa shape index (κ3) is 4.40. The zero-order chi connectivity index (χ0) is 21.1. The Kier molecular flexibility index (Phi) is 6.75. The minimum atomic E-state index is -0.334. The zero-order valence-corrected chi connectivity index (χ0v) is 19.5. The Bertz CT molecular complexity index is 1040. The average Bonchev–Trinajstić information content (AvgIpc) is 3.32. The molecule has 0 saturated carbocycles. The summed E-state index contributed by atoms with van der Waals surface area (Å²) in [4.78, 5) is 31.6. The summed E-state index contributed by atoms with van der Waals surface area (Å²) in [5, 5.41) is 3.40. The van der Waals surface area contributed by atoms with Crippen molar-refractivity contribution in [2.45, 2.75) is 55.5 Å². The number of amides is 1. The van der Waals surface area contributed by atoms with E-state index < -0.39 is 0 Å². The Labute approximate surface area is 188 Å². The van der Waals surface area contributed by atoms with Gasteiger partial charge in [-0.2, -0.15) is 0 Å². The van der Waals surface area contributed by atoms with Crippen molar-refractivity contribution in [3.05, 3.63) is 40.3 Å². The van der Waals surface area contributed by atoms with Crippen molar-refractivity contribution in [2.24, 2.45) is 0 Å². The number of anilines is 1. The minimum Gasteiger partial charge on any atom is -0.462 e. The first-order chi connectivity index (χ1) is 14.6. The Morgan fingerprint density at radius 2 is 2.00 bits per heavy atom. The molecule has 0 spiro atoms. The monoisotopic (exact) mass is 460 g/mol. The van der Waals surface area contributed by atoms with E-state index in [0.717, 1.165) is 45.8 Å². The van der Waals surface area contributed by atoms with E-state index >= 15 is 0 Å². The van der Waals surface area contributed by atoms with Crippen molar-refractivity contribution in [3.63, 3.8) is 0 Å². The van der Waals surface area contributed by atoms with Gasteiger partial charge in [0.05, 0.1) is 27.6 Å². The molecular formula is C22H24N2O3S3. The summed E-state index contributed by atoms with van der Waals surface area (Å²) >= 11 is 4.61. The lowest BCUT2D eigenvalue weighted by Crippen LogP contribution is -2.25. The van der Waals surface area contributed by atoms with E-state index in [9.17, 15) is 9.59 Å². The quantitative estimate of drug-likeness (QED) is 0.350. The normalized spacial score (nSPS) is 14.3. The molecule has 0 unspecified atom stereocenters. The van der Waals surface area contributed by atoms with Gasteiger partial charge in [0.15, 0.2) is 4.34 Å². The number of nitrogens with zero attached hydrogens (tertiary/aromatic N) is 1. The number of fused-ring (bicyclic) bond motifs is 2. The van der Waals surface area contributed by atoms with Crippen LogP contribution in [0.5, 0.6) is 0 Å². The first kappa shape index (κ1) is 21.3. The van der Waals surface area contributed by atoms with Gasteiger partial charge in [0, 0.05) is 4.88 Å². The first-order valence-corrected chi connectivity index (χ1v) is 12.8. The lowest BCUT2D eigenvalue weighted by atomic mass is 9.95. The van der Waals surface area contributed by atoms with Crippen LogP contribution >= 0.6 is 34.4 Å². The third-order valence-corrected chi connectivity index (χ3v) is 8.77. The van der Waals surface area contributed by atoms with Crippen molar-refractivity contribution < 1.29 is 14.3 Å². The highest BCUT2D eigenvalue weighted by atomic mass is 32.2. The number of para-hydroxylation sites is 1. The largest absolute Gasteiger partial charge is 0.462 e. The van der Waals surface area contributed by atoms with Gasteiger partial charge in [-0.05, 0) is 56.7 Å². The van der Waals surface area contributed by atoms with Crippen LogP contribution in [0.1, 0.15) is 53.9 Å². The molecule has 0 fully saturated rings. The number of esters is 1. The first-order valence-electron chi connectivity index (χ1n) is 10.3. The Balaban J connectivity index is 1.55. The molecule has 0 saturated heterocycles. The third-order valence-electron chi connectivity index (χ3n) is 5.07. The van der Waals surface area contributed by atoms with Crippen molar-refractivity contribution >= 4 is 61.5 Å². The lowest BCUT2D eigenvalue weighted by Gasteiger charge is -2.14. The van der Waals surface area contributed by atoms with Crippen molar-refractivity contribution in [1.82, 2.24) is 4.98 Å². The number of nitrogens with one attached hydrogen (secondary N) is 1. The highest BCUT2D eigenvalue weighted by Gasteiger charge is 2.29. The van der Waals surface area contributed by atoms with Gasteiger partial charge in [-0.3, -0.25) is 4.79 Å². The molecule has 1 aromatic carbocycles. The lowest BCUT2D eigenvalue weighted by molar-refractivity contribution is -0.115. The standard InChI is InChI=1S/C22H24N2O3S3/c1-3-15(29-22-23-14-10-6-8-12-17(14)30-22)19(25)24-20-18(21(26)27-4-2)13-9-5-7-11-16(13)28-20/h6,8,10,12,15H,3-5,7,9,11H2,1-2H3,(H,24,25)/t15-/m0/s1. The summed E-state index contributed by atoms with van der Waals surface area (Å²) in [6.07, 6.45) is 4.68. The van der Waals surface area contributed by atoms with Crippen LogP contribution in [0.25, 0.3) is 10.2 Å². The molecule has 2 aromatic heterocycles. The van der Waals surface area contributed by atoms with Crippen molar-refractivity contribution in [1.29, 1.82) is 0 Å². The van der Waals surface area contributed by atoms with Gasteiger partial charge < -0.3 is 10.1 Å². The summed E-state index contributed by atoms with van der Waals surface area (Å²) in [7, 11) is 0. The summed E-state index contributed by atoms with van der Waals surface area (Å²) < 4.78 is 7.29. The minimum absolute atomic E-state index is 0.0918. The summed E-state index contributed by atoms with van der Waals surface area (Å²) in [6, 6.07) is 7.99. The van der Waals surface area contributed by atoms with Gasteiger partial charge in [-0.1, -0.05) is 30.8 Å². The number of thioether (sulfide) groups is 1. The molecule has 0 radical (unpaired) electrons. The molecule has 0 aliphatic heterocycles. The molecule has 2 heterocycles. The summed E-state index contributed by atoms with van der Waals surface area (Å²) in [5.41, 5.74) is 2.58. The fraction of sp³-hybridized carbons (Fsp3) is 0.409. The van der Waals surface area contributed by atoms with Gasteiger partial charge >= 0.3 is 5.97 Å². The number of benzene rings is 1. The van der Waals surface area contributed by atoms with E-state index in [-0.39, 0.29) is 17.1 Å². The van der Waals surface area contributed by atoms with E-state index in [4.69, 9.17) is 4.74 Å². The molecule has 1 N–H and O–H groups in total. The SMILES string of the molecule is CCOC(=O)c1c(NC(=O)[C@H](CC)Sc2nc3ccccc3s2)sc2c1CCCC2. The number of hydrogen-bond acceptors (Lipinski definition) is 7. The molecule has 1 atom stereocenters. The molecule has 158 valence electrons. The molecule has 1 aliphatic rings. The predicted octanol–water partition coefficient (Wildman–Crippen LogP) is 5.92. The second-order valence-electron chi connectivity index (χ2n) is 7.09. The van der Waals surface area contributed by atoms with E-state index in [1.807, 2.05) is 31.2 Å². The zero-order valence-electron chi connectivity index (χ0n) is 17.0. The number of thiazole rings is 1. The Morgan fingerprint density at radius 3 is 2.77 bits per heavy atom. The molecule has 4 rings (SSSR count). The van der Waals surface area contributed by atoms with Gasteiger partial charge in [-0.25, -0.2) is 9.78 Å². The van der Waals surface area contributed by atoms with Crippen LogP contribution in [0.3, 0.4) is 0 Å². The fourth-order valence-electron chi connectivity index (χ4n) is 3.61. The molecule has 3 aromatic rings. The number of rotatable bonds is 7. The van der Waals surface area contributed by atoms with Crippen LogP contribution in [0.4, 0.5) is 5.00 Å². The van der Waals surface area contributed by atoms with Crippen LogP contribution in [0, 0.1) is 0 Å². The maximum Gasteiger partial charge on any atom is 0.341 e. The second kappa shape index (κ2) is 9.49. The molecule has 1 aliphatic carbocycles. The van der Waals surface area contributed by atoms with Crippen LogP contribution in [0.2, 0.25) is 0 Å². The predicted molar refractivity (Wildman–Crippen MR) is 125 cm³/mol. The second-order valence-corrected chi connectivity index (χ2v) is 10.7. The van der Waals surface area contributed by atoms with E-state index in [1.54, 1.807) is 18.3 Å². The summed E-state index contributed by atoms with van der Waals surface area (Å²) in [5.74, 6) is -0.426. The molecule has 8 heteroatoms. The number of hydrogen-bond donors (Lipinski definition) is 1. The number of carbonyl (C=O) groups is 2. The number of aryl methyl sites for hydroxylation is 1. The summed E-state index contributed by atoms with van der Waals surface area (Å²) in [6.45, 7) is 4.12. The number of carbonyl (C=O) groups excluding carboxylic acids is 2. The highest BCUT2D eigenvalue weighted by Crippen LogP contribution is 2.39. The van der Waals surface area contributed by atoms with E-state index in [1.165, 1.54) is 28.0 Å². The van der Waals surface area contributed by atoms with Crippen molar-refractivity contribution in [3.8, 4) is 0 Å². The molecule has 1 amide bonds. The Morgan fingerprint density at radius 1 is 1.20 bits per heavy atom. The smallest absolute Gasteiger partial charge is 0.341 e. The highest BCUT2D eigenvalue weighted by molar-refractivity contribution is 8.02. The van der Waals surface area contributed by atoms with Crippen molar-refractivity contribution in [2.75, 3.05) is 11.9 Å². The number of thiophene rings is 1.